The highest BCUT2D eigenvalue weighted by molar-refractivity contribution is 9.09. The molecule has 0 radical (unpaired) electrons. The van der Waals surface area contributed by atoms with E-state index in [2.05, 4.69) is 29.8 Å². The lowest BCUT2D eigenvalue weighted by Crippen LogP contribution is -2.05. The monoisotopic (exact) mass is 208 g/mol. The van der Waals surface area contributed by atoms with Gasteiger partial charge in [-0.15, -0.1) is 0 Å². The van der Waals surface area contributed by atoms with Gasteiger partial charge in [0.2, 0.25) is 0 Å². The predicted octanol–water partition coefficient (Wildman–Crippen LogP) is 3.32. The Labute approximate surface area is 72.3 Å². The summed E-state index contributed by atoms with van der Waals surface area (Å²) >= 11 is 3.24. The van der Waals surface area contributed by atoms with Gasteiger partial charge in [-0.05, 0) is 13.3 Å². The van der Waals surface area contributed by atoms with Gasteiger partial charge in [0.25, 0.3) is 0 Å². The largest absolute Gasteiger partial charge is 0.367 e. The molecule has 0 bridgehead atoms. The van der Waals surface area contributed by atoms with E-state index in [-0.39, 0.29) is 0 Å². The number of unbranched alkanes of at least 4 members (excludes halogenated alkanes) is 2. The highest BCUT2D eigenvalue weighted by atomic mass is 79.9. The summed E-state index contributed by atoms with van der Waals surface area (Å²) in [5.41, 5.74) is 0.667. The summed E-state index contributed by atoms with van der Waals surface area (Å²) in [6.07, 6.45) is 5.53. The number of halogens is 1. The van der Waals surface area contributed by atoms with E-state index in [9.17, 15) is 0 Å². The molecule has 0 saturated heterocycles. The zero-order valence-corrected chi connectivity index (χ0v) is 8.49. The van der Waals surface area contributed by atoms with Crippen LogP contribution in [-0.2, 0) is 4.74 Å². The first kappa shape index (κ1) is 10.4. The molecule has 1 nitrogen and oxygen atoms in total. The molecule has 0 aromatic carbocycles. The summed E-state index contributed by atoms with van der Waals surface area (Å²) in [5.74, 6) is 0. The minimum absolute atomic E-state index is 0.422. The molecule has 0 aliphatic carbocycles. The summed E-state index contributed by atoms with van der Waals surface area (Å²) in [6.45, 7) is 4.34. The van der Waals surface area contributed by atoms with Crippen molar-refractivity contribution in [3.05, 3.63) is 0 Å². The summed E-state index contributed by atoms with van der Waals surface area (Å²) in [6, 6.07) is 0. The number of hydrogen-bond acceptors (Lipinski definition) is 1. The van der Waals surface area contributed by atoms with E-state index >= 15 is 0 Å². The highest BCUT2D eigenvalue weighted by Gasteiger charge is 1.98. The van der Waals surface area contributed by atoms with Crippen molar-refractivity contribution in [2.45, 2.75) is 45.6 Å². The van der Waals surface area contributed by atoms with Gasteiger partial charge in [-0.1, -0.05) is 42.1 Å². The van der Waals surface area contributed by atoms with Crippen LogP contribution in [0.15, 0.2) is 0 Å². The second-order valence-electron chi connectivity index (χ2n) is 2.58. The lowest BCUT2D eigenvalue weighted by atomic mass is 10.1. The Morgan fingerprint density at radius 3 is 2.60 bits per heavy atom. The predicted molar refractivity (Wildman–Crippen MR) is 48.5 cm³/mol. The molecule has 0 aromatic rings. The Balaban J connectivity index is 2.97. The lowest BCUT2D eigenvalue weighted by Gasteiger charge is -2.09. The van der Waals surface area contributed by atoms with Gasteiger partial charge in [0, 0.05) is 0 Å². The second kappa shape index (κ2) is 7.55. The Morgan fingerprint density at radius 1 is 1.40 bits per heavy atom. The molecular weight excluding hydrogens is 192 g/mol. The van der Waals surface area contributed by atoms with Crippen LogP contribution in [0.4, 0.5) is 0 Å². The average Bonchev–Trinajstić information content (AvgIpc) is 1.89. The molecule has 1 atom stereocenters. The van der Waals surface area contributed by atoms with E-state index in [4.69, 9.17) is 4.74 Å². The third-order valence-electron chi connectivity index (χ3n) is 1.56. The molecule has 0 saturated carbocycles. The van der Waals surface area contributed by atoms with Crippen LogP contribution in [0, 0.1) is 0 Å². The maximum Gasteiger partial charge on any atom is 0.102 e. The molecule has 0 aromatic heterocycles. The van der Waals surface area contributed by atoms with Crippen LogP contribution >= 0.6 is 15.9 Å². The number of rotatable bonds is 6. The summed E-state index contributed by atoms with van der Waals surface area (Å²) in [7, 11) is 0. The van der Waals surface area contributed by atoms with Crippen LogP contribution < -0.4 is 0 Å². The quantitative estimate of drug-likeness (QED) is 0.481. The number of alkyl halides is 1. The second-order valence-corrected chi connectivity index (χ2v) is 3.04. The summed E-state index contributed by atoms with van der Waals surface area (Å²) < 4.78 is 5.31. The third-order valence-corrected chi connectivity index (χ3v) is 1.83. The van der Waals surface area contributed by atoms with E-state index in [0.717, 1.165) is 0 Å². The highest BCUT2D eigenvalue weighted by Crippen LogP contribution is 2.06. The average molecular weight is 209 g/mol. The molecule has 1 unspecified atom stereocenters. The van der Waals surface area contributed by atoms with Crippen molar-refractivity contribution in [1.82, 2.24) is 0 Å². The fourth-order valence-corrected chi connectivity index (χ4v) is 1.32. The first-order valence-electron chi connectivity index (χ1n) is 3.98. The van der Waals surface area contributed by atoms with Crippen molar-refractivity contribution >= 4 is 15.9 Å². The zero-order chi connectivity index (χ0) is 7.82. The van der Waals surface area contributed by atoms with Gasteiger partial charge in [-0.2, -0.15) is 0 Å². The third kappa shape index (κ3) is 6.56. The van der Waals surface area contributed by atoms with E-state index in [1.165, 1.54) is 25.7 Å². The molecule has 10 heavy (non-hydrogen) atoms. The van der Waals surface area contributed by atoms with Gasteiger partial charge in [0.15, 0.2) is 0 Å². The van der Waals surface area contributed by atoms with Gasteiger partial charge in [0.1, 0.15) is 5.52 Å². The first-order valence-corrected chi connectivity index (χ1v) is 5.11. The molecular formula is C8H17BrO. The smallest absolute Gasteiger partial charge is 0.102 e. The van der Waals surface area contributed by atoms with Crippen LogP contribution in [0.5, 0.6) is 0 Å². The van der Waals surface area contributed by atoms with Crippen LogP contribution in [-0.4, -0.2) is 11.6 Å². The fraction of sp³-hybridized carbons (Fsp3) is 1.00. The van der Waals surface area contributed by atoms with Gasteiger partial charge >= 0.3 is 0 Å². The standard InChI is InChI=1S/C8H17BrO/c1-3-4-5-6-8(2)10-7-9/h8H,3-7H2,1-2H3. The minimum Gasteiger partial charge on any atom is -0.367 e. The molecule has 0 amide bonds. The SMILES string of the molecule is CCCCCC(C)OCBr. The molecule has 0 fully saturated rings. The molecule has 2 heteroatoms. The lowest BCUT2D eigenvalue weighted by molar-refractivity contribution is 0.0985. The van der Waals surface area contributed by atoms with Gasteiger partial charge in [-0.25, -0.2) is 0 Å². The topological polar surface area (TPSA) is 9.23 Å². The zero-order valence-electron chi connectivity index (χ0n) is 6.90. The molecule has 0 N–H and O–H groups in total. The fourth-order valence-electron chi connectivity index (χ4n) is 0.873. The Hall–Kier alpha value is 0.440. The molecule has 0 spiro atoms. The summed E-state index contributed by atoms with van der Waals surface area (Å²) in [5, 5.41) is 0. The van der Waals surface area contributed by atoms with E-state index < -0.39 is 0 Å². The molecule has 0 rings (SSSR count). The van der Waals surface area contributed by atoms with Crippen molar-refractivity contribution in [1.29, 1.82) is 0 Å². The summed E-state index contributed by atoms with van der Waals surface area (Å²) in [4.78, 5) is 0. The Morgan fingerprint density at radius 2 is 2.10 bits per heavy atom. The Kier molecular flexibility index (Phi) is 7.88. The number of ether oxygens (including phenoxy) is 1. The maximum absolute atomic E-state index is 5.31. The van der Waals surface area contributed by atoms with Crippen molar-refractivity contribution in [2.24, 2.45) is 0 Å². The van der Waals surface area contributed by atoms with E-state index in [0.29, 0.717) is 11.6 Å². The van der Waals surface area contributed by atoms with Crippen LogP contribution in [0.1, 0.15) is 39.5 Å². The van der Waals surface area contributed by atoms with Crippen LogP contribution in [0.25, 0.3) is 0 Å². The molecule has 62 valence electrons. The number of hydrogen-bond donors (Lipinski definition) is 0. The van der Waals surface area contributed by atoms with Crippen LogP contribution in [0.3, 0.4) is 0 Å². The molecule has 0 aliphatic heterocycles. The van der Waals surface area contributed by atoms with Crippen LogP contribution in [0.2, 0.25) is 0 Å². The maximum atomic E-state index is 5.31. The van der Waals surface area contributed by atoms with Crippen molar-refractivity contribution in [2.75, 3.05) is 5.52 Å². The first-order chi connectivity index (χ1) is 4.81. The van der Waals surface area contributed by atoms with Gasteiger partial charge in [-0.3, -0.25) is 0 Å². The van der Waals surface area contributed by atoms with Gasteiger partial charge < -0.3 is 4.74 Å². The normalized spacial score (nSPS) is 13.5. The molecule has 0 aliphatic rings. The van der Waals surface area contributed by atoms with Crippen molar-refractivity contribution in [3.8, 4) is 0 Å². The Bertz CT molecular complexity index is 66.3. The van der Waals surface area contributed by atoms with Gasteiger partial charge in [0.05, 0.1) is 6.10 Å². The molecule has 0 heterocycles. The van der Waals surface area contributed by atoms with E-state index in [1.54, 1.807) is 0 Å². The van der Waals surface area contributed by atoms with Crippen molar-refractivity contribution in [3.63, 3.8) is 0 Å². The minimum atomic E-state index is 0.422. The van der Waals surface area contributed by atoms with Crippen molar-refractivity contribution < 1.29 is 4.74 Å². The van der Waals surface area contributed by atoms with E-state index in [1.807, 2.05) is 0 Å².